The molecule has 6 heteroatoms. The number of aromatic hydroxyl groups is 1. The first-order chi connectivity index (χ1) is 18.0. The van der Waals surface area contributed by atoms with Crippen molar-refractivity contribution < 1.29 is 24.2 Å². The van der Waals surface area contributed by atoms with E-state index in [0.29, 0.717) is 35.2 Å². The Kier molecular flexibility index (Phi) is 6.82. The number of methoxy groups -OCH3 is 1. The number of esters is 1. The number of ketones is 1. The first-order valence-electron chi connectivity index (χ1n) is 12.3. The lowest BCUT2D eigenvalue weighted by molar-refractivity contribution is -0.140. The van der Waals surface area contributed by atoms with Gasteiger partial charge in [-0.05, 0) is 48.1 Å². The van der Waals surface area contributed by atoms with Gasteiger partial charge >= 0.3 is 5.97 Å². The molecule has 37 heavy (non-hydrogen) atoms. The lowest BCUT2D eigenvalue weighted by atomic mass is 9.71. The van der Waals surface area contributed by atoms with Gasteiger partial charge in [-0.25, -0.2) is 4.79 Å². The number of allylic oxidation sites excluding steroid dienone is 3. The summed E-state index contributed by atoms with van der Waals surface area (Å²) in [6.45, 7) is 1.96. The molecule has 0 fully saturated rings. The molecule has 2 N–H and O–H groups in total. The third-order valence-corrected chi connectivity index (χ3v) is 7.07. The van der Waals surface area contributed by atoms with Gasteiger partial charge in [0.1, 0.15) is 6.61 Å². The number of rotatable bonds is 6. The Labute approximate surface area is 216 Å². The van der Waals surface area contributed by atoms with E-state index in [1.165, 1.54) is 13.2 Å². The van der Waals surface area contributed by atoms with Crippen molar-refractivity contribution in [2.45, 2.75) is 38.2 Å². The predicted molar refractivity (Wildman–Crippen MR) is 140 cm³/mol. The van der Waals surface area contributed by atoms with Crippen LogP contribution in [0.15, 0.2) is 101 Å². The van der Waals surface area contributed by atoms with Gasteiger partial charge < -0.3 is 19.9 Å². The molecule has 2 atom stereocenters. The number of Topliss-reactive ketones (excluding diaryl/α,β-unsaturated/α-hetero) is 1. The fourth-order valence-electron chi connectivity index (χ4n) is 5.28. The Hall–Kier alpha value is -4.32. The summed E-state index contributed by atoms with van der Waals surface area (Å²) in [7, 11) is 1.47. The molecule has 1 aliphatic carbocycles. The molecule has 0 amide bonds. The minimum atomic E-state index is -0.641. The standard InChI is InChI=1S/C31H29NO5/c1-19-28(31(35)37-18-20-9-5-3-6-10-20)29(22-13-14-25(33)27(17-22)36-2)30-24(32-19)15-23(16-26(30)34)21-11-7-4-8-12-21/h3-14,17,23,29,32-33H,15-16,18H2,1-2H3/t23-,29+/m1/s1. The molecule has 0 radical (unpaired) electrons. The zero-order valence-electron chi connectivity index (χ0n) is 20.9. The van der Waals surface area contributed by atoms with Crippen LogP contribution in [-0.2, 0) is 20.9 Å². The van der Waals surface area contributed by atoms with Crippen molar-refractivity contribution in [1.29, 1.82) is 0 Å². The number of carbonyl (C=O) groups excluding carboxylic acids is 2. The SMILES string of the molecule is COc1cc([C@H]2C(C(=O)OCc3ccccc3)=C(C)NC3=C2C(=O)C[C@H](c2ccccc2)C3)ccc1O. The summed E-state index contributed by atoms with van der Waals surface area (Å²) in [5.74, 6) is -0.829. The van der Waals surface area contributed by atoms with Crippen LogP contribution >= 0.6 is 0 Å². The molecule has 3 aromatic carbocycles. The van der Waals surface area contributed by atoms with E-state index in [-0.39, 0.29) is 29.8 Å². The lowest BCUT2D eigenvalue weighted by Crippen LogP contribution is -2.36. The molecule has 5 rings (SSSR count). The molecule has 0 bridgehead atoms. The van der Waals surface area contributed by atoms with Gasteiger partial charge in [0.25, 0.3) is 0 Å². The van der Waals surface area contributed by atoms with Crippen LogP contribution in [0.25, 0.3) is 0 Å². The van der Waals surface area contributed by atoms with Crippen LogP contribution in [-0.4, -0.2) is 24.0 Å². The van der Waals surface area contributed by atoms with E-state index in [2.05, 4.69) is 5.32 Å². The molecule has 0 saturated heterocycles. The largest absolute Gasteiger partial charge is 0.504 e. The number of dihydropyridines is 1. The fraction of sp³-hybridized carbons (Fsp3) is 0.226. The Morgan fingerprint density at radius 2 is 1.68 bits per heavy atom. The Balaban J connectivity index is 1.55. The molecule has 1 aliphatic heterocycles. The second-order valence-corrected chi connectivity index (χ2v) is 9.42. The molecular weight excluding hydrogens is 466 g/mol. The van der Waals surface area contributed by atoms with Crippen LogP contribution < -0.4 is 10.1 Å². The normalized spacial score (nSPS) is 19.2. The van der Waals surface area contributed by atoms with Gasteiger partial charge in [-0.2, -0.15) is 0 Å². The van der Waals surface area contributed by atoms with Crippen LogP contribution in [0.3, 0.4) is 0 Å². The Bertz CT molecular complexity index is 1390. The van der Waals surface area contributed by atoms with Gasteiger partial charge in [-0.15, -0.1) is 0 Å². The van der Waals surface area contributed by atoms with E-state index >= 15 is 0 Å². The highest BCUT2D eigenvalue weighted by Gasteiger charge is 2.41. The third kappa shape index (κ3) is 4.87. The van der Waals surface area contributed by atoms with E-state index in [9.17, 15) is 14.7 Å². The molecule has 0 spiro atoms. The first-order valence-corrected chi connectivity index (χ1v) is 12.3. The molecule has 0 saturated carbocycles. The first kappa shape index (κ1) is 24.4. The maximum Gasteiger partial charge on any atom is 0.337 e. The topological polar surface area (TPSA) is 84.9 Å². The summed E-state index contributed by atoms with van der Waals surface area (Å²) in [5, 5.41) is 13.6. The smallest absolute Gasteiger partial charge is 0.337 e. The van der Waals surface area contributed by atoms with Crippen LogP contribution in [0, 0.1) is 0 Å². The minimum Gasteiger partial charge on any atom is -0.504 e. The van der Waals surface area contributed by atoms with E-state index in [4.69, 9.17) is 9.47 Å². The molecule has 2 aliphatic rings. The maximum atomic E-state index is 13.7. The number of nitrogens with one attached hydrogen (secondary N) is 1. The summed E-state index contributed by atoms with van der Waals surface area (Å²) in [6.07, 6.45) is 1.00. The van der Waals surface area contributed by atoms with E-state index in [1.54, 1.807) is 12.1 Å². The summed E-state index contributed by atoms with van der Waals surface area (Å²) in [4.78, 5) is 27.2. The third-order valence-electron chi connectivity index (χ3n) is 7.07. The number of carbonyl (C=O) groups is 2. The van der Waals surface area contributed by atoms with Crippen LogP contribution in [0.4, 0.5) is 0 Å². The van der Waals surface area contributed by atoms with Crippen LogP contribution in [0.2, 0.25) is 0 Å². The summed E-state index contributed by atoms with van der Waals surface area (Å²) in [6, 6.07) is 24.4. The Morgan fingerprint density at radius 3 is 2.38 bits per heavy atom. The van der Waals surface area contributed by atoms with Crippen molar-refractivity contribution >= 4 is 11.8 Å². The Morgan fingerprint density at radius 1 is 0.973 bits per heavy atom. The fourth-order valence-corrected chi connectivity index (χ4v) is 5.28. The van der Waals surface area contributed by atoms with Crippen LogP contribution in [0.5, 0.6) is 11.5 Å². The van der Waals surface area contributed by atoms with Gasteiger partial charge in [-0.1, -0.05) is 66.7 Å². The quantitative estimate of drug-likeness (QED) is 0.439. The van der Waals surface area contributed by atoms with Crippen molar-refractivity contribution in [3.63, 3.8) is 0 Å². The van der Waals surface area contributed by atoms with Gasteiger partial charge in [0.05, 0.1) is 12.7 Å². The summed E-state index contributed by atoms with van der Waals surface area (Å²) < 4.78 is 11.1. The molecular formula is C31H29NO5. The van der Waals surface area contributed by atoms with Crippen molar-refractivity contribution in [1.82, 2.24) is 5.32 Å². The number of hydrogen-bond donors (Lipinski definition) is 2. The molecule has 3 aromatic rings. The molecule has 6 nitrogen and oxygen atoms in total. The van der Waals surface area contributed by atoms with Crippen molar-refractivity contribution in [3.8, 4) is 11.5 Å². The number of benzene rings is 3. The van der Waals surface area contributed by atoms with Crippen molar-refractivity contribution in [3.05, 3.63) is 118 Å². The summed E-state index contributed by atoms with van der Waals surface area (Å²) in [5.41, 5.74) is 5.09. The molecule has 1 heterocycles. The number of phenolic OH excluding ortho intramolecular Hbond substituents is 1. The minimum absolute atomic E-state index is 0.0117. The molecule has 188 valence electrons. The van der Waals surface area contributed by atoms with Gasteiger partial charge in [-0.3, -0.25) is 4.79 Å². The number of phenols is 1. The summed E-state index contributed by atoms with van der Waals surface area (Å²) >= 11 is 0. The van der Waals surface area contributed by atoms with Crippen LogP contribution in [0.1, 0.15) is 48.3 Å². The second kappa shape index (κ2) is 10.3. The zero-order valence-corrected chi connectivity index (χ0v) is 20.9. The maximum absolute atomic E-state index is 13.7. The monoisotopic (exact) mass is 495 g/mol. The lowest BCUT2D eigenvalue weighted by Gasteiger charge is -2.36. The van der Waals surface area contributed by atoms with Gasteiger partial charge in [0.15, 0.2) is 17.3 Å². The van der Waals surface area contributed by atoms with E-state index < -0.39 is 11.9 Å². The predicted octanol–water partition coefficient (Wildman–Crippen LogP) is 5.51. The van der Waals surface area contributed by atoms with Crippen molar-refractivity contribution in [2.24, 2.45) is 0 Å². The molecule has 0 aromatic heterocycles. The highest BCUT2D eigenvalue weighted by Crippen LogP contribution is 2.46. The van der Waals surface area contributed by atoms with E-state index in [0.717, 1.165) is 16.8 Å². The van der Waals surface area contributed by atoms with Gasteiger partial charge in [0, 0.05) is 29.3 Å². The average molecular weight is 496 g/mol. The zero-order chi connectivity index (χ0) is 25.9. The molecule has 0 unspecified atom stereocenters. The highest BCUT2D eigenvalue weighted by atomic mass is 16.5. The average Bonchev–Trinajstić information content (AvgIpc) is 2.92. The number of hydrogen-bond acceptors (Lipinski definition) is 6. The van der Waals surface area contributed by atoms with E-state index in [1.807, 2.05) is 67.6 Å². The highest BCUT2D eigenvalue weighted by molar-refractivity contribution is 6.04. The van der Waals surface area contributed by atoms with Crippen molar-refractivity contribution in [2.75, 3.05) is 7.11 Å². The van der Waals surface area contributed by atoms with Gasteiger partial charge in [0.2, 0.25) is 0 Å². The number of ether oxygens (including phenoxy) is 2. The second-order valence-electron chi connectivity index (χ2n) is 9.42.